The van der Waals surface area contributed by atoms with Gasteiger partial charge >= 0.3 is 6.18 Å². The van der Waals surface area contributed by atoms with E-state index in [0.717, 1.165) is 11.4 Å². The molecule has 0 amide bonds. The zero-order chi connectivity index (χ0) is 16.1. The predicted molar refractivity (Wildman–Crippen MR) is 78.5 cm³/mol. The lowest BCUT2D eigenvalue weighted by atomic mass is 10.0. The highest BCUT2D eigenvalue weighted by Gasteiger charge is 2.56. The van der Waals surface area contributed by atoms with Gasteiger partial charge in [0.25, 0.3) is 0 Å². The molecular weight excluding hydrogens is 367 g/mol. The number of fused-ring (bicyclic) bond motifs is 1. The Hall–Kier alpha value is -0.933. The van der Waals surface area contributed by atoms with E-state index in [-0.39, 0.29) is 5.69 Å². The first-order valence-electron chi connectivity index (χ1n) is 6.21. The monoisotopic (exact) mass is 381 g/mol. The van der Waals surface area contributed by atoms with Crippen molar-refractivity contribution in [3.8, 4) is 0 Å². The highest BCUT2D eigenvalue weighted by atomic mass is 79.9. The molecule has 0 N–H and O–H groups in total. The fraction of sp³-hybridized carbons (Fsp3) is 0.500. The third-order valence-corrected chi connectivity index (χ3v) is 4.56. The van der Waals surface area contributed by atoms with Crippen LogP contribution in [0.25, 0.3) is 5.65 Å². The van der Waals surface area contributed by atoms with Crippen LogP contribution in [0.1, 0.15) is 12.6 Å². The van der Waals surface area contributed by atoms with E-state index in [2.05, 4.69) is 26.0 Å². The van der Waals surface area contributed by atoms with E-state index in [1.165, 1.54) is 18.5 Å². The maximum absolute atomic E-state index is 13.7. The SMILES string of the molecule is CC(O[Si](C)(C)C)(c1ccc(Br)c2ncnn12)C(F)(F)F. The summed E-state index contributed by atoms with van der Waals surface area (Å²) in [5.74, 6) is 0. The molecule has 0 saturated carbocycles. The largest absolute Gasteiger partial charge is 0.421 e. The summed E-state index contributed by atoms with van der Waals surface area (Å²) in [6, 6.07) is 2.89. The summed E-state index contributed by atoms with van der Waals surface area (Å²) in [5, 5.41) is 3.90. The number of alkyl halides is 3. The Kier molecular flexibility index (Phi) is 3.96. The van der Waals surface area contributed by atoms with Gasteiger partial charge in [-0.3, -0.25) is 0 Å². The molecule has 0 fully saturated rings. The molecule has 2 heterocycles. The number of hydrogen-bond donors (Lipinski definition) is 0. The van der Waals surface area contributed by atoms with Gasteiger partial charge in [0.2, 0.25) is 0 Å². The van der Waals surface area contributed by atoms with Crippen molar-refractivity contribution in [2.45, 2.75) is 38.3 Å². The van der Waals surface area contributed by atoms with Gasteiger partial charge in [-0.05, 0) is 54.6 Å². The highest BCUT2D eigenvalue weighted by Crippen LogP contribution is 2.44. The molecule has 2 rings (SSSR count). The molecule has 0 aliphatic carbocycles. The van der Waals surface area contributed by atoms with Crippen LogP contribution in [0.4, 0.5) is 13.2 Å². The van der Waals surface area contributed by atoms with Gasteiger partial charge in [0.05, 0.1) is 10.2 Å². The average molecular weight is 382 g/mol. The van der Waals surface area contributed by atoms with Crippen LogP contribution in [0, 0.1) is 0 Å². The Morgan fingerprint density at radius 2 is 1.86 bits per heavy atom. The van der Waals surface area contributed by atoms with Crippen LogP contribution in [0.2, 0.25) is 19.6 Å². The fourth-order valence-electron chi connectivity index (χ4n) is 2.11. The maximum atomic E-state index is 13.7. The fourth-order valence-corrected chi connectivity index (χ4v) is 3.95. The first-order chi connectivity index (χ1) is 9.46. The van der Waals surface area contributed by atoms with Gasteiger partial charge in [0.1, 0.15) is 6.33 Å². The summed E-state index contributed by atoms with van der Waals surface area (Å²) in [6.07, 6.45) is -3.35. The number of hydrogen-bond acceptors (Lipinski definition) is 3. The van der Waals surface area contributed by atoms with Crippen LogP contribution in [0.5, 0.6) is 0 Å². The second-order valence-electron chi connectivity index (χ2n) is 5.81. The first-order valence-corrected chi connectivity index (χ1v) is 10.4. The second kappa shape index (κ2) is 5.06. The van der Waals surface area contributed by atoms with Crippen LogP contribution in [0.15, 0.2) is 22.9 Å². The van der Waals surface area contributed by atoms with E-state index in [0.29, 0.717) is 10.1 Å². The molecule has 2 aromatic heterocycles. The van der Waals surface area contributed by atoms with Gasteiger partial charge in [-0.25, -0.2) is 9.50 Å². The maximum Gasteiger partial charge on any atom is 0.421 e. The highest BCUT2D eigenvalue weighted by molar-refractivity contribution is 9.10. The van der Waals surface area contributed by atoms with Crippen molar-refractivity contribution in [2.75, 3.05) is 0 Å². The van der Waals surface area contributed by atoms with Crippen molar-refractivity contribution < 1.29 is 17.6 Å². The lowest BCUT2D eigenvalue weighted by molar-refractivity contribution is -0.252. The lowest BCUT2D eigenvalue weighted by Crippen LogP contribution is -2.49. The molecule has 0 aliphatic heterocycles. The molecule has 1 atom stereocenters. The zero-order valence-corrected chi connectivity index (χ0v) is 14.6. The molecule has 0 saturated heterocycles. The Labute approximate surface area is 129 Å². The van der Waals surface area contributed by atoms with Gasteiger partial charge in [0, 0.05) is 0 Å². The second-order valence-corrected chi connectivity index (χ2v) is 11.1. The normalized spacial score (nSPS) is 16.2. The quantitative estimate of drug-likeness (QED) is 0.750. The van der Waals surface area contributed by atoms with E-state index in [1.54, 1.807) is 19.6 Å². The molecule has 0 radical (unpaired) electrons. The summed E-state index contributed by atoms with van der Waals surface area (Å²) in [7, 11) is -2.46. The van der Waals surface area contributed by atoms with Crippen molar-refractivity contribution >= 4 is 29.9 Å². The number of rotatable bonds is 3. The number of nitrogens with zero attached hydrogens (tertiary/aromatic N) is 3. The number of halogens is 4. The van der Waals surface area contributed by atoms with Gasteiger partial charge < -0.3 is 4.43 Å². The summed E-state index contributed by atoms with van der Waals surface area (Å²) in [4.78, 5) is 3.96. The molecule has 1 unspecified atom stereocenters. The standard InChI is InChI=1S/C12H15BrF3N3OSi/c1-11(12(14,15)16,20-21(2,3)4)9-6-5-8(13)10-17-7-18-19(9)10/h5-7H,1-4H3. The van der Waals surface area contributed by atoms with Crippen molar-refractivity contribution in [3.05, 3.63) is 28.6 Å². The minimum atomic E-state index is -4.57. The van der Waals surface area contributed by atoms with Crippen LogP contribution in [-0.4, -0.2) is 29.1 Å². The van der Waals surface area contributed by atoms with Gasteiger partial charge in [-0.2, -0.15) is 18.3 Å². The van der Waals surface area contributed by atoms with Crippen molar-refractivity contribution in [2.24, 2.45) is 0 Å². The Bertz CT molecular complexity index is 668. The Balaban J connectivity index is 2.71. The van der Waals surface area contributed by atoms with Crippen molar-refractivity contribution in [1.29, 1.82) is 0 Å². The van der Waals surface area contributed by atoms with E-state index in [4.69, 9.17) is 4.43 Å². The predicted octanol–water partition coefficient (Wildman–Crippen LogP) is 4.12. The van der Waals surface area contributed by atoms with Crippen LogP contribution in [-0.2, 0) is 10.0 Å². The first kappa shape index (κ1) is 16.4. The smallest absolute Gasteiger partial charge is 0.399 e. The van der Waals surface area contributed by atoms with Crippen LogP contribution < -0.4 is 0 Å². The molecule has 116 valence electrons. The van der Waals surface area contributed by atoms with E-state index >= 15 is 0 Å². The minimum Gasteiger partial charge on any atom is -0.399 e. The van der Waals surface area contributed by atoms with E-state index in [9.17, 15) is 13.2 Å². The van der Waals surface area contributed by atoms with Crippen LogP contribution >= 0.6 is 15.9 Å². The molecule has 0 aliphatic rings. The molecule has 2 aromatic rings. The third-order valence-electron chi connectivity index (χ3n) is 2.92. The Morgan fingerprint density at radius 3 is 2.38 bits per heavy atom. The molecule has 0 bridgehead atoms. The summed E-state index contributed by atoms with van der Waals surface area (Å²) < 4.78 is 48.3. The molecule has 21 heavy (non-hydrogen) atoms. The van der Waals surface area contributed by atoms with E-state index in [1.807, 2.05) is 0 Å². The van der Waals surface area contributed by atoms with Gasteiger partial charge in [0.15, 0.2) is 19.6 Å². The van der Waals surface area contributed by atoms with Gasteiger partial charge in [-0.1, -0.05) is 0 Å². The summed E-state index contributed by atoms with van der Waals surface area (Å²) in [6.45, 7) is 6.19. The lowest BCUT2D eigenvalue weighted by Gasteiger charge is -2.37. The number of pyridine rings is 1. The number of aromatic nitrogens is 3. The molecule has 0 aromatic carbocycles. The van der Waals surface area contributed by atoms with Crippen molar-refractivity contribution in [1.82, 2.24) is 14.6 Å². The van der Waals surface area contributed by atoms with Crippen molar-refractivity contribution in [3.63, 3.8) is 0 Å². The summed E-state index contributed by atoms with van der Waals surface area (Å²) >= 11 is 3.25. The third kappa shape index (κ3) is 2.99. The van der Waals surface area contributed by atoms with Gasteiger partial charge in [-0.15, -0.1) is 0 Å². The molecule has 4 nitrogen and oxygen atoms in total. The molecule has 9 heteroatoms. The Morgan fingerprint density at radius 1 is 1.24 bits per heavy atom. The average Bonchev–Trinajstić information content (AvgIpc) is 2.74. The van der Waals surface area contributed by atoms with E-state index < -0.39 is 20.1 Å². The zero-order valence-electron chi connectivity index (χ0n) is 12.0. The minimum absolute atomic E-state index is 0.0897. The van der Waals surface area contributed by atoms with Crippen LogP contribution in [0.3, 0.4) is 0 Å². The molecular formula is C12H15BrF3N3OSi. The summed E-state index contributed by atoms with van der Waals surface area (Å²) in [5.41, 5.74) is -2.21. The topological polar surface area (TPSA) is 39.4 Å². The molecule has 0 spiro atoms.